The summed E-state index contributed by atoms with van der Waals surface area (Å²) in [4.78, 5) is 12.2. The molecular weight excluding hydrogens is 252 g/mol. The summed E-state index contributed by atoms with van der Waals surface area (Å²) in [5.74, 6) is 0.0520. The van der Waals surface area contributed by atoms with Gasteiger partial charge in [0.1, 0.15) is 6.10 Å². The predicted molar refractivity (Wildman–Crippen MR) is 57.1 cm³/mol. The lowest BCUT2D eigenvalue weighted by atomic mass is 10.2. The number of hydrogen-bond donors (Lipinski definition) is 0. The van der Waals surface area contributed by atoms with Crippen molar-refractivity contribution in [1.82, 2.24) is 0 Å². The number of thiophene rings is 1. The molecule has 1 heterocycles. The topological polar surface area (TPSA) is 26.3 Å². The number of hydrogen-bond acceptors (Lipinski definition) is 3. The van der Waals surface area contributed by atoms with Gasteiger partial charge < -0.3 is 4.74 Å². The predicted octanol–water partition coefficient (Wildman–Crippen LogP) is 3.18. The van der Waals surface area contributed by atoms with E-state index in [-0.39, 0.29) is 11.9 Å². The minimum absolute atomic E-state index is 0.0520. The van der Waals surface area contributed by atoms with Crippen LogP contribution in [0.4, 0.5) is 0 Å². The van der Waals surface area contributed by atoms with Gasteiger partial charge in [-0.15, -0.1) is 11.3 Å². The molecule has 1 rings (SSSR count). The summed E-state index contributed by atoms with van der Waals surface area (Å²) in [5, 5.41) is 0. The zero-order valence-electron chi connectivity index (χ0n) is 7.54. The van der Waals surface area contributed by atoms with E-state index in [4.69, 9.17) is 4.74 Å². The van der Waals surface area contributed by atoms with Crippen molar-refractivity contribution in [2.24, 2.45) is 0 Å². The van der Waals surface area contributed by atoms with Crippen LogP contribution in [0.2, 0.25) is 0 Å². The summed E-state index contributed by atoms with van der Waals surface area (Å²) in [5.41, 5.74) is 0. The number of halogens is 1. The molecule has 0 aliphatic carbocycles. The average molecular weight is 263 g/mol. The van der Waals surface area contributed by atoms with E-state index in [9.17, 15) is 4.79 Å². The van der Waals surface area contributed by atoms with Crippen molar-refractivity contribution in [3.8, 4) is 0 Å². The first-order chi connectivity index (χ1) is 6.15. The number of carbonyl (C=O) groups is 1. The van der Waals surface area contributed by atoms with Gasteiger partial charge in [-0.3, -0.25) is 4.79 Å². The molecule has 0 spiro atoms. The molecule has 2 nitrogen and oxygen atoms in total. The molecule has 1 unspecified atom stereocenters. The van der Waals surface area contributed by atoms with Crippen molar-refractivity contribution < 1.29 is 9.53 Å². The Labute approximate surface area is 90.0 Å². The molecule has 0 aliphatic heterocycles. The maximum Gasteiger partial charge on any atom is 0.163 e. The Morgan fingerprint density at radius 2 is 2.38 bits per heavy atom. The van der Waals surface area contributed by atoms with Gasteiger partial charge in [0.25, 0.3) is 0 Å². The lowest BCUT2D eigenvalue weighted by molar-refractivity contribution is -0.128. The van der Waals surface area contributed by atoms with E-state index in [0.717, 1.165) is 8.66 Å². The summed E-state index contributed by atoms with van der Waals surface area (Å²) in [6.07, 6.45) is -0.388. The average Bonchev–Trinajstić information content (AvgIpc) is 2.46. The van der Waals surface area contributed by atoms with Gasteiger partial charge in [-0.25, -0.2) is 0 Å². The molecule has 0 saturated carbocycles. The van der Waals surface area contributed by atoms with Crippen molar-refractivity contribution >= 4 is 33.0 Å². The van der Waals surface area contributed by atoms with E-state index in [0.29, 0.717) is 6.61 Å². The molecule has 1 atom stereocenters. The fourth-order valence-corrected chi connectivity index (χ4v) is 2.57. The first kappa shape index (κ1) is 10.9. The van der Waals surface area contributed by atoms with Crippen molar-refractivity contribution in [3.63, 3.8) is 0 Å². The third-order valence-electron chi connectivity index (χ3n) is 1.55. The molecule has 0 radical (unpaired) electrons. The second-order valence-corrected chi connectivity index (χ2v) is 5.08. The molecule has 0 fully saturated rings. The molecule has 1 aromatic rings. The highest BCUT2D eigenvalue weighted by Crippen LogP contribution is 2.29. The number of ketones is 1. The van der Waals surface area contributed by atoms with E-state index < -0.39 is 0 Å². The summed E-state index contributed by atoms with van der Waals surface area (Å²) < 4.78 is 6.36. The lowest BCUT2D eigenvalue weighted by Gasteiger charge is -2.10. The van der Waals surface area contributed by atoms with Crippen LogP contribution in [0.25, 0.3) is 0 Å². The lowest BCUT2D eigenvalue weighted by Crippen LogP contribution is -2.11. The van der Waals surface area contributed by atoms with Crippen LogP contribution in [0, 0.1) is 0 Å². The van der Waals surface area contributed by atoms with Crippen LogP contribution in [-0.4, -0.2) is 12.4 Å². The maximum absolute atomic E-state index is 11.2. The highest BCUT2D eigenvalue weighted by molar-refractivity contribution is 9.11. The zero-order valence-corrected chi connectivity index (χ0v) is 9.94. The fourth-order valence-electron chi connectivity index (χ4n) is 1.04. The molecular formula is C9H11BrO2S. The molecule has 0 aromatic carbocycles. The minimum Gasteiger partial charge on any atom is -0.365 e. The van der Waals surface area contributed by atoms with Crippen LogP contribution in [0.5, 0.6) is 0 Å². The van der Waals surface area contributed by atoms with E-state index in [2.05, 4.69) is 15.9 Å². The van der Waals surface area contributed by atoms with Gasteiger partial charge in [-0.2, -0.15) is 0 Å². The number of Topliss-reactive ketones (excluding diaryl/α,β-unsaturated/α-hetero) is 1. The smallest absolute Gasteiger partial charge is 0.163 e. The fraction of sp³-hybridized carbons (Fsp3) is 0.444. The van der Waals surface area contributed by atoms with Crippen LogP contribution in [0.1, 0.15) is 24.8 Å². The van der Waals surface area contributed by atoms with Crippen LogP contribution in [-0.2, 0) is 9.53 Å². The van der Waals surface area contributed by atoms with Crippen molar-refractivity contribution in [2.75, 3.05) is 6.61 Å². The van der Waals surface area contributed by atoms with Gasteiger partial charge in [0.2, 0.25) is 0 Å². The Balaban J connectivity index is 2.81. The van der Waals surface area contributed by atoms with E-state index >= 15 is 0 Å². The van der Waals surface area contributed by atoms with Gasteiger partial charge in [0.05, 0.1) is 3.79 Å². The SMILES string of the molecule is CCOC(C(C)=O)c1ccc(Br)s1. The van der Waals surface area contributed by atoms with E-state index in [1.807, 2.05) is 19.1 Å². The van der Waals surface area contributed by atoms with Gasteiger partial charge in [0, 0.05) is 11.5 Å². The monoisotopic (exact) mass is 262 g/mol. The Kier molecular flexibility index (Phi) is 4.09. The van der Waals surface area contributed by atoms with Crippen molar-refractivity contribution in [3.05, 3.63) is 20.8 Å². The number of carbonyl (C=O) groups excluding carboxylic acids is 1. The van der Waals surface area contributed by atoms with Crippen LogP contribution < -0.4 is 0 Å². The van der Waals surface area contributed by atoms with Gasteiger partial charge in [-0.1, -0.05) is 0 Å². The van der Waals surface area contributed by atoms with Crippen LogP contribution in [0.15, 0.2) is 15.9 Å². The van der Waals surface area contributed by atoms with Crippen molar-refractivity contribution in [1.29, 1.82) is 0 Å². The molecule has 0 saturated heterocycles. The third-order valence-corrected chi connectivity index (χ3v) is 3.22. The molecule has 0 N–H and O–H groups in total. The highest BCUT2D eigenvalue weighted by Gasteiger charge is 2.18. The van der Waals surface area contributed by atoms with E-state index in [1.165, 1.54) is 11.3 Å². The maximum atomic E-state index is 11.2. The Morgan fingerprint density at radius 1 is 1.69 bits per heavy atom. The molecule has 0 amide bonds. The molecule has 72 valence electrons. The first-order valence-electron chi connectivity index (χ1n) is 4.02. The molecule has 1 aromatic heterocycles. The Morgan fingerprint density at radius 3 is 2.77 bits per heavy atom. The molecule has 0 bridgehead atoms. The first-order valence-corrected chi connectivity index (χ1v) is 5.63. The van der Waals surface area contributed by atoms with E-state index in [1.54, 1.807) is 6.92 Å². The molecule has 13 heavy (non-hydrogen) atoms. The summed E-state index contributed by atoms with van der Waals surface area (Å²) >= 11 is 4.89. The summed E-state index contributed by atoms with van der Waals surface area (Å²) in [6, 6.07) is 3.84. The second-order valence-electron chi connectivity index (χ2n) is 2.59. The third kappa shape index (κ3) is 2.90. The minimum atomic E-state index is -0.388. The second kappa shape index (κ2) is 4.88. The number of ether oxygens (including phenoxy) is 1. The summed E-state index contributed by atoms with van der Waals surface area (Å²) in [6.45, 7) is 3.99. The summed E-state index contributed by atoms with van der Waals surface area (Å²) in [7, 11) is 0. The number of rotatable bonds is 4. The normalized spacial score (nSPS) is 12.8. The van der Waals surface area contributed by atoms with Crippen LogP contribution >= 0.6 is 27.3 Å². The largest absolute Gasteiger partial charge is 0.365 e. The van der Waals surface area contributed by atoms with Crippen molar-refractivity contribution in [2.45, 2.75) is 20.0 Å². The Hall–Kier alpha value is -0.190. The highest BCUT2D eigenvalue weighted by atomic mass is 79.9. The molecule has 4 heteroatoms. The Bertz CT molecular complexity index is 296. The van der Waals surface area contributed by atoms with Gasteiger partial charge in [-0.05, 0) is 41.9 Å². The molecule has 0 aliphatic rings. The standard InChI is InChI=1S/C9H11BrO2S/c1-3-12-9(6(2)11)7-4-5-8(10)13-7/h4-5,9H,3H2,1-2H3. The van der Waals surface area contributed by atoms with Gasteiger partial charge in [0.15, 0.2) is 5.78 Å². The zero-order chi connectivity index (χ0) is 9.84. The quantitative estimate of drug-likeness (QED) is 0.834. The van der Waals surface area contributed by atoms with Crippen LogP contribution in [0.3, 0.4) is 0 Å². The van der Waals surface area contributed by atoms with Gasteiger partial charge >= 0.3 is 0 Å².